The summed E-state index contributed by atoms with van der Waals surface area (Å²) in [6.07, 6.45) is 2.89. The molecule has 0 fully saturated rings. The molecule has 2 rings (SSSR count). The molecule has 0 saturated heterocycles. The fraction of sp³-hybridized carbons (Fsp3) is 0. The average Bonchev–Trinajstić information content (AvgIpc) is 2.93. The molecule has 0 aromatic carbocycles. The van der Waals surface area contributed by atoms with Crippen LogP contribution >= 0.6 is 0 Å². The van der Waals surface area contributed by atoms with Gasteiger partial charge < -0.3 is 10.2 Å². The van der Waals surface area contributed by atoms with E-state index >= 15 is 0 Å². The third kappa shape index (κ3) is 3.21. The summed E-state index contributed by atoms with van der Waals surface area (Å²) >= 11 is 0. The van der Waals surface area contributed by atoms with E-state index in [0.29, 0.717) is 0 Å². The number of aromatic amines is 1. The number of H-pyrrole nitrogens is 1. The van der Waals surface area contributed by atoms with Crippen molar-refractivity contribution < 1.29 is 19.8 Å². The van der Waals surface area contributed by atoms with Crippen molar-refractivity contribution in [3.05, 3.63) is 30.4 Å². The van der Waals surface area contributed by atoms with Gasteiger partial charge in [0.1, 0.15) is 0 Å². The van der Waals surface area contributed by atoms with E-state index in [9.17, 15) is 9.59 Å². The Morgan fingerprint density at radius 3 is 2.38 bits per heavy atom. The van der Waals surface area contributed by atoms with E-state index in [1.54, 1.807) is 0 Å². The smallest absolute Gasteiger partial charge is 0.433 e. The van der Waals surface area contributed by atoms with Crippen LogP contribution in [0, 0.1) is 0 Å². The van der Waals surface area contributed by atoms with Gasteiger partial charge in [-0.2, -0.15) is 9.78 Å². The lowest BCUT2D eigenvalue weighted by Crippen LogP contribution is -2.07. The van der Waals surface area contributed by atoms with E-state index < -0.39 is 12.1 Å². The SMILES string of the molecule is O=C(O)c1cc[nH]n1.O=C(O)n1ccnn1. The minimum atomic E-state index is -1.12. The number of rotatable bonds is 1. The Morgan fingerprint density at radius 2 is 2.12 bits per heavy atom. The van der Waals surface area contributed by atoms with E-state index in [1.165, 1.54) is 24.7 Å². The predicted octanol–water partition coefficient (Wildman–Crippen LogP) is -0.0879. The third-order valence-corrected chi connectivity index (χ3v) is 1.34. The molecule has 9 heteroatoms. The Labute approximate surface area is 88.3 Å². The van der Waals surface area contributed by atoms with E-state index in [2.05, 4.69) is 20.5 Å². The second-order valence-corrected chi connectivity index (χ2v) is 2.39. The lowest BCUT2D eigenvalue weighted by molar-refractivity contribution is 0.0690. The number of aromatic nitrogens is 5. The predicted molar refractivity (Wildman–Crippen MR) is 49.0 cm³/mol. The number of hydrogen-bond donors (Lipinski definition) is 3. The van der Waals surface area contributed by atoms with Crippen LogP contribution in [-0.4, -0.2) is 47.5 Å². The Bertz CT molecular complexity index is 405. The number of carbonyl (C=O) groups is 2. The molecule has 0 aliphatic rings. The van der Waals surface area contributed by atoms with Crippen LogP contribution in [0.4, 0.5) is 4.79 Å². The molecule has 9 nitrogen and oxygen atoms in total. The second-order valence-electron chi connectivity index (χ2n) is 2.39. The molecule has 0 bridgehead atoms. The monoisotopic (exact) mass is 225 g/mol. The second kappa shape index (κ2) is 5.24. The van der Waals surface area contributed by atoms with Gasteiger partial charge in [0, 0.05) is 6.20 Å². The molecule has 0 amide bonds. The molecule has 3 N–H and O–H groups in total. The van der Waals surface area contributed by atoms with E-state index in [4.69, 9.17) is 10.2 Å². The first-order valence-corrected chi connectivity index (χ1v) is 3.94. The van der Waals surface area contributed by atoms with Crippen LogP contribution in [0.2, 0.25) is 0 Å². The minimum absolute atomic E-state index is 0.0463. The molecule has 0 aliphatic heterocycles. The molecule has 0 spiro atoms. The molecule has 0 saturated carbocycles. The van der Waals surface area contributed by atoms with Crippen molar-refractivity contribution in [1.82, 2.24) is 25.2 Å². The van der Waals surface area contributed by atoms with E-state index in [1.807, 2.05) is 0 Å². The molecule has 0 radical (unpaired) electrons. The van der Waals surface area contributed by atoms with Crippen LogP contribution < -0.4 is 0 Å². The molecule has 84 valence electrons. The zero-order valence-electron chi connectivity index (χ0n) is 7.81. The van der Waals surface area contributed by atoms with Gasteiger partial charge in [0.25, 0.3) is 0 Å². The molecular weight excluding hydrogens is 218 g/mol. The van der Waals surface area contributed by atoms with Crippen LogP contribution in [-0.2, 0) is 0 Å². The van der Waals surface area contributed by atoms with Crippen LogP contribution in [0.25, 0.3) is 0 Å². The zero-order chi connectivity index (χ0) is 12.0. The quantitative estimate of drug-likeness (QED) is 0.617. The van der Waals surface area contributed by atoms with Gasteiger partial charge >= 0.3 is 12.1 Å². The average molecular weight is 225 g/mol. The highest BCUT2D eigenvalue weighted by atomic mass is 16.4. The van der Waals surface area contributed by atoms with Gasteiger partial charge in [-0.25, -0.2) is 9.59 Å². The lowest BCUT2D eigenvalue weighted by Gasteiger charge is -1.83. The minimum Gasteiger partial charge on any atom is -0.476 e. The maximum absolute atomic E-state index is 9.98. The van der Waals surface area contributed by atoms with Crippen LogP contribution in [0.3, 0.4) is 0 Å². The first kappa shape index (κ1) is 11.4. The first-order valence-electron chi connectivity index (χ1n) is 3.94. The topological polar surface area (TPSA) is 134 Å². The highest BCUT2D eigenvalue weighted by Crippen LogP contribution is 1.87. The molecule has 0 unspecified atom stereocenters. The van der Waals surface area contributed by atoms with Gasteiger partial charge in [-0.05, 0) is 6.07 Å². The highest BCUT2D eigenvalue weighted by Gasteiger charge is 2.00. The number of carboxylic acid groups (broad SMARTS) is 2. The standard InChI is InChI=1S/C4H4N2O2.C3H3N3O2/c7-4(8)3-1-2-5-6-3;7-3(8)6-2-1-4-5-6/h1-2H,(H,5,6)(H,7,8);1-2H,(H,7,8). The van der Waals surface area contributed by atoms with Crippen molar-refractivity contribution in [2.45, 2.75) is 0 Å². The van der Waals surface area contributed by atoms with Crippen molar-refractivity contribution >= 4 is 12.1 Å². The molecule has 16 heavy (non-hydrogen) atoms. The highest BCUT2D eigenvalue weighted by molar-refractivity contribution is 5.84. The van der Waals surface area contributed by atoms with Crippen molar-refractivity contribution in [2.24, 2.45) is 0 Å². The summed E-state index contributed by atoms with van der Waals surface area (Å²) in [6, 6.07) is 1.39. The summed E-state index contributed by atoms with van der Waals surface area (Å²) in [6.45, 7) is 0. The number of nitrogens with one attached hydrogen (secondary N) is 1. The van der Waals surface area contributed by atoms with Gasteiger partial charge in [-0.3, -0.25) is 5.10 Å². The number of nitrogens with zero attached hydrogens (tertiary/aromatic N) is 4. The lowest BCUT2D eigenvalue weighted by atomic mass is 10.5. The van der Waals surface area contributed by atoms with Crippen molar-refractivity contribution in [3.63, 3.8) is 0 Å². The van der Waals surface area contributed by atoms with Crippen LogP contribution in [0.15, 0.2) is 24.7 Å². The van der Waals surface area contributed by atoms with Gasteiger partial charge in [-0.15, -0.1) is 5.10 Å². The molecule has 2 aromatic rings. The first-order chi connectivity index (χ1) is 7.61. The van der Waals surface area contributed by atoms with E-state index in [0.717, 1.165) is 4.68 Å². The van der Waals surface area contributed by atoms with Gasteiger partial charge in [-0.1, -0.05) is 5.21 Å². The van der Waals surface area contributed by atoms with Crippen molar-refractivity contribution in [2.75, 3.05) is 0 Å². The molecule has 2 aromatic heterocycles. The summed E-state index contributed by atoms with van der Waals surface area (Å²) in [5.41, 5.74) is 0.0463. The summed E-state index contributed by atoms with van der Waals surface area (Å²) in [5.74, 6) is -1.01. The van der Waals surface area contributed by atoms with E-state index in [-0.39, 0.29) is 5.69 Å². The van der Waals surface area contributed by atoms with Crippen molar-refractivity contribution in [3.8, 4) is 0 Å². The summed E-state index contributed by atoms with van der Waals surface area (Å²) < 4.78 is 0.722. The fourth-order valence-electron chi connectivity index (χ4n) is 0.690. The van der Waals surface area contributed by atoms with Crippen molar-refractivity contribution in [1.29, 1.82) is 0 Å². The molecule has 0 atom stereocenters. The number of carboxylic acids is 1. The fourth-order valence-corrected chi connectivity index (χ4v) is 0.690. The Hall–Kier alpha value is -2.71. The maximum atomic E-state index is 9.98. The van der Waals surface area contributed by atoms with Gasteiger partial charge in [0.2, 0.25) is 0 Å². The Kier molecular flexibility index (Phi) is 3.72. The summed E-state index contributed by atoms with van der Waals surface area (Å²) in [5, 5.41) is 28.6. The largest absolute Gasteiger partial charge is 0.476 e. The maximum Gasteiger partial charge on any atom is 0.433 e. The normalized spacial score (nSPS) is 9.00. The van der Waals surface area contributed by atoms with Crippen LogP contribution in [0.5, 0.6) is 0 Å². The molecule has 0 aliphatic carbocycles. The molecule has 2 heterocycles. The molecular formula is C7H7N5O4. The third-order valence-electron chi connectivity index (χ3n) is 1.34. The summed E-state index contributed by atoms with van der Waals surface area (Å²) in [7, 11) is 0. The van der Waals surface area contributed by atoms with Gasteiger partial charge in [0.05, 0.1) is 12.4 Å². The Balaban J connectivity index is 0.000000160. The summed E-state index contributed by atoms with van der Waals surface area (Å²) in [4.78, 5) is 19.9. The number of hydrogen-bond acceptors (Lipinski definition) is 5. The van der Waals surface area contributed by atoms with Crippen LogP contribution in [0.1, 0.15) is 10.5 Å². The zero-order valence-corrected chi connectivity index (χ0v) is 7.81. The number of aromatic carboxylic acids is 1. The Morgan fingerprint density at radius 1 is 1.38 bits per heavy atom. The van der Waals surface area contributed by atoms with Gasteiger partial charge in [0.15, 0.2) is 5.69 Å².